The summed E-state index contributed by atoms with van der Waals surface area (Å²) >= 11 is 0. The maximum atomic E-state index is 13.2. The van der Waals surface area contributed by atoms with Crippen molar-refractivity contribution in [2.75, 3.05) is 0 Å². The SMILES string of the molecule is O=C1c2ccccc2C(=O)c2c(CCCCCCc3cccc4c3C(=O)c3ccccc3C4=O)cccc21. The number of fused-ring (bicyclic) bond motifs is 4. The highest BCUT2D eigenvalue weighted by Crippen LogP contribution is 2.32. The molecule has 0 spiro atoms. The van der Waals surface area contributed by atoms with Crippen LogP contribution in [0, 0.1) is 0 Å². The van der Waals surface area contributed by atoms with Crippen molar-refractivity contribution in [3.63, 3.8) is 0 Å². The van der Waals surface area contributed by atoms with Gasteiger partial charge >= 0.3 is 0 Å². The summed E-state index contributed by atoms with van der Waals surface area (Å²) in [5.41, 5.74) is 5.89. The highest BCUT2D eigenvalue weighted by Gasteiger charge is 2.32. The quantitative estimate of drug-likeness (QED) is 0.233. The van der Waals surface area contributed by atoms with E-state index in [2.05, 4.69) is 0 Å². The predicted molar refractivity (Wildman–Crippen MR) is 145 cm³/mol. The lowest BCUT2D eigenvalue weighted by molar-refractivity contribution is 0.0978. The maximum Gasteiger partial charge on any atom is 0.194 e. The van der Waals surface area contributed by atoms with E-state index in [1.807, 2.05) is 24.3 Å². The third kappa shape index (κ3) is 3.93. The summed E-state index contributed by atoms with van der Waals surface area (Å²) in [7, 11) is 0. The summed E-state index contributed by atoms with van der Waals surface area (Å²) in [4.78, 5) is 52.4. The summed E-state index contributed by atoms with van der Waals surface area (Å²) in [6.45, 7) is 0. The lowest BCUT2D eigenvalue weighted by atomic mass is 9.80. The first-order valence-corrected chi connectivity index (χ1v) is 13.2. The van der Waals surface area contributed by atoms with Crippen molar-refractivity contribution >= 4 is 23.1 Å². The van der Waals surface area contributed by atoms with Crippen LogP contribution in [0.1, 0.15) is 100 Å². The Morgan fingerprint density at radius 3 is 1.08 bits per heavy atom. The highest BCUT2D eigenvalue weighted by atomic mass is 16.1. The average Bonchev–Trinajstić information content (AvgIpc) is 2.96. The first-order valence-electron chi connectivity index (χ1n) is 13.2. The molecule has 38 heavy (non-hydrogen) atoms. The van der Waals surface area contributed by atoms with Crippen molar-refractivity contribution in [2.24, 2.45) is 0 Å². The van der Waals surface area contributed by atoms with Gasteiger partial charge in [0.25, 0.3) is 0 Å². The molecule has 2 aliphatic rings. The molecule has 0 fully saturated rings. The fourth-order valence-corrected chi connectivity index (χ4v) is 5.83. The van der Waals surface area contributed by atoms with Gasteiger partial charge < -0.3 is 0 Å². The van der Waals surface area contributed by atoms with Gasteiger partial charge in [-0.2, -0.15) is 0 Å². The second kappa shape index (κ2) is 9.79. The highest BCUT2D eigenvalue weighted by molar-refractivity contribution is 6.29. The molecule has 186 valence electrons. The van der Waals surface area contributed by atoms with Crippen LogP contribution >= 0.6 is 0 Å². The molecule has 4 aromatic carbocycles. The van der Waals surface area contributed by atoms with Crippen molar-refractivity contribution in [3.8, 4) is 0 Å². The molecule has 0 aliphatic heterocycles. The molecule has 0 radical (unpaired) electrons. The lowest BCUT2D eigenvalue weighted by Gasteiger charge is -2.20. The summed E-state index contributed by atoms with van der Waals surface area (Å²) in [6, 6.07) is 25.2. The van der Waals surface area contributed by atoms with Gasteiger partial charge in [-0.1, -0.05) is 97.8 Å². The van der Waals surface area contributed by atoms with Crippen LogP contribution in [0.25, 0.3) is 0 Å². The van der Waals surface area contributed by atoms with Gasteiger partial charge in [0.2, 0.25) is 0 Å². The Morgan fingerprint density at radius 1 is 0.342 bits per heavy atom. The van der Waals surface area contributed by atoms with E-state index in [0.29, 0.717) is 44.5 Å². The second-order valence-corrected chi connectivity index (χ2v) is 10.0. The first-order chi connectivity index (χ1) is 18.6. The number of hydrogen-bond donors (Lipinski definition) is 0. The minimum Gasteiger partial charge on any atom is -0.289 e. The number of carbonyl (C=O) groups excluding carboxylic acids is 4. The topological polar surface area (TPSA) is 68.3 Å². The Hall–Kier alpha value is -4.44. The number of rotatable bonds is 7. The molecule has 4 heteroatoms. The van der Waals surface area contributed by atoms with Crippen LogP contribution < -0.4 is 0 Å². The molecule has 0 atom stereocenters. The van der Waals surface area contributed by atoms with Crippen LogP contribution in [0.15, 0.2) is 84.9 Å². The Morgan fingerprint density at radius 2 is 0.684 bits per heavy atom. The van der Waals surface area contributed by atoms with Crippen LogP contribution in [-0.4, -0.2) is 23.1 Å². The molecule has 6 rings (SSSR count). The van der Waals surface area contributed by atoms with Crippen molar-refractivity contribution in [1.82, 2.24) is 0 Å². The van der Waals surface area contributed by atoms with Gasteiger partial charge in [-0.15, -0.1) is 0 Å². The van der Waals surface area contributed by atoms with Crippen LogP contribution in [0.3, 0.4) is 0 Å². The summed E-state index contributed by atoms with van der Waals surface area (Å²) in [5, 5.41) is 0. The number of benzene rings is 4. The van der Waals surface area contributed by atoms with E-state index in [4.69, 9.17) is 0 Å². The molecule has 2 aliphatic carbocycles. The molecule has 0 saturated carbocycles. The van der Waals surface area contributed by atoms with Crippen LogP contribution in [-0.2, 0) is 12.8 Å². The molecule has 0 amide bonds. The van der Waals surface area contributed by atoms with E-state index < -0.39 is 0 Å². The van der Waals surface area contributed by atoms with E-state index in [0.717, 1.165) is 49.7 Å². The molecule has 0 aromatic heterocycles. The number of carbonyl (C=O) groups is 4. The molecule has 0 saturated heterocycles. The number of hydrogen-bond acceptors (Lipinski definition) is 4. The number of aryl methyl sites for hydroxylation is 2. The van der Waals surface area contributed by atoms with Crippen molar-refractivity contribution in [2.45, 2.75) is 38.5 Å². The summed E-state index contributed by atoms with van der Waals surface area (Å²) < 4.78 is 0. The van der Waals surface area contributed by atoms with Gasteiger partial charge in [-0.25, -0.2) is 0 Å². The molecular weight excluding hydrogens is 472 g/mol. The largest absolute Gasteiger partial charge is 0.289 e. The monoisotopic (exact) mass is 498 g/mol. The summed E-state index contributed by atoms with van der Waals surface area (Å²) in [6.07, 6.45) is 5.19. The minimum atomic E-state index is -0.0844. The summed E-state index contributed by atoms with van der Waals surface area (Å²) in [5.74, 6) is -0.307. The van der Waals surface area contributed by atoms with E-state index in [1.54, 1.807) is 60.7 Å². The predicted octanol–water partition coefficient (Wildman–Crippen LogP) is 6.58. The minimum absolute atomic E-state index is 0.0690. The van der Waals surface area contributed by atoms with Gasteiger partial charge in [0.05, 0.1) is 0 Å². The van der Waals surface area contributed by atoms with Gasteiger partial charge in [0.15, 0.2) is 23.1 Å². The van der Waals surface area contributed by atoms with E-state index >= 15 is 0 Å². The van der Waals surface area contributed by atoms with Crippen LogP contribution in [0.5, 0.6) is 0 Å². The average molecular weight is 499 g/mol. The molecule has 0 heterocycles. The third-order valence-electron chi connectivity index (χ3n) is 7.72. The molecule has 0 bridgehead atoms. The third-order valence-corrected chi connectivity index (χ3v) is 7.72. The Kier molecular flexibility index (Phi) is 6.16. The number of unbranched alkanes of at least 4 members (excludes halogenated alkanes) is 3. The zero-order chi connectivity index (χ0) is 26.2. The van der Waals surface area contributed by atoms with Crippen molar-refractivity contribution < 1.29 is 19.2 Å². The molecule has 0 unspecified atom stereocenters. The lowest BCUT2D eigenvalue weighted by Crippen LogP contribution is -2.22. The molecule has 4 nitrogen and oxygen atoms in total. The second-order valence-electron chi connectivity index (χ2n) is 10.0. The smallest absolute Gasteiger partial charge is 0.194 e. The fourth-order valence-electron chi connectivity index (χ4n) is 5.83. The normalized spacial score (nSPS) is 13.6. The van der Waals surface area contributed by atoms with Gasteiger partial charge in [-0.3, -0.25) is 19.2 Å². The maximum absolute atomic E-state index is 13.2. The Labute approximate surface area is 221 Å². The molecular formula is C34H26O4. The Balaban J connectivity index is 1.10. The van der Waals surface area contributed by atoms with E-state index in [1.165, 1.54) is 0 Å². The number of ketones is 4. The van der Waals surface area contributed by atoms with Crippen LogP contribution in [0.2, 0.25) is 0 Å². The first kappa shape index (κ1) is 23.9. The Bertz CT molecular complexity index is 1520. The van der Waals surface area contributed by atoms with Crippen molar-refractivity contribution in [3.05, 3.63) is 141 Å². The van der Waals surface area contributed by atoms with E-state index in [9.17, 15) is 19.2 Å². The van der Waals surface area contributed by atoms with Gasteiger partial charge in [0.1, 0.15) is 0 Å². The molecule has 4 aromatic rings. The van der Waals surface area contributed by atoms with Crippen molar-refractivity contribution in [1.29, 1.82) is 0 Å². The zero-order valence-corrected chi connectivity index (χ0v) is 21.0. The van der Waals surface area contributed by atoms with E-state index in [-0.39, 0.29) is 23.1 Å². The van der Waals surface area contributed by atoms with Crippen LogP contribution in [0.4, 0.5) is 0 Å². The molecule has 0 N–H and O–H groups in total. The fraction of sp³-hybridized carbons (Fsp3) is 0.176. The standard InChI is InChI=1S/C34H26O4/c35-31-23-15-5-7-17-25(23)33(37)29-21(13-9-19-27(29)31)11-3-1-2-4-12-22-14-10-20-28-30(22)34(38)26-18-8-6-16-24(26)32(28)36/h5-10,13-20H,1-4,11-12H2. The van der Waals surface area contributed by atoms with Gasteiger partial charge in [-0.05, 0) is 36.8 Å². The zero-order valence-electron chi connectivity index (χ0n) is 21.0. The van der Waals surface area contributed by atoms with Gasteiger partial charge in [0, 0.05) is 44.5 Å².